The largest absolute Gasteiger partial charge is 0.618 e. The number of carbonyl (C=O) groups excluding carboxylic acids is 2. The summed E-state index contributed by atoms with van der Waals surface area (Å²) < 4.78 is 1.31. The Morgan fingerprint density at radius 1 is 1.14 bits per heavy atom. The summed E-state index contributed by atoms with van der Waals surface area (Å²) in [5.74, 6) is -0.818. The van der Waals surface area contributed by atoms with Gasteiger partial charge >= 0.3 is 0 Å². The van der Waals surface area contributed by atoms with E-state index >= 15 is 0 Å². The first-order chi connectivity index (χ1) is 10.6. The van der Waals surface area contributed by atoms with E-state index in [0.29, 0.717) is 19.8 Å². The van der Waals surface area contributed by atoms with E-state index in [0.717, 1.165) is 11.8 Å². The van der Waals surface area contributed by atoms with Crippen molar-refractivity contribution in [3.8, 4) is 0 Å². The Morgan fingerprint density at radius 2 is 1.86 bits per heavy atom. The summed E-state index contributed by atoms with van der Waals surface area (Å²) in [4.78, 5) is 23.6. The second kappa shape index (κ2) is 7.81. The zero-order valence-electron chi connectivity index (χ0n) is 11.3. The quantitative estimate of drug-likeness (QED) is 0.364. The molecule has 0 unspecified atom stereocenters. The first-order valence-electron chi connectivity index (χ1n) is 6.22. The minimum absolute atomic E-state index is 0.0164. The summed E-state index contributed by atoms with van der Waals surface area (Å²) in [6.07, 6.45) is 1.36. The van der Waals surface area contributed by atoms with Gasteiger partial charge in [-0.3, -0.25) is 20.4 Å². The number of hydrogen-bond donors (Lipinski definition) is 2. The van der Waals surface area contributed by atoms with Crippen LogP contribution in [0.4, 0.5) is 0 Å². The van der Waals surface area contributed by atoms with Gasteiger partial charge < -0.3 is 5.21 Å². The highest BCUT2D eigenvalue weighted by atomic mass is 79.9. The molecule has 0 atom stereocenters. The van der Waals surface area contributed by atoms with Crippen molar-refractivity contribution in [1.82, 2.24) is 10.9 Å². The van der Waals surface area contributed by atoms with Crippen LogP contribution in [0.3, 0.4) is 0 Å². The summed E-state index contributed by atoms with van der Waals surface area (Å²) >= 11 is 4.34. The Labute approximate surface area is 139 Å². The summed E-state index contributed by atoms with van der Waals surface area (Å²) in [5, 5.41) is 11.8. The van der Waals surface area contributed by atoms with Crippen LogP contribution in [-0.2, 0) is 4.79 Å². The Morgan fingerprint density at radius 3 is 2.59 bits per heavy atom. The van der Waals surface area contributed by atoms with Crippen LogP contribution >= 0.6 is 27.7 Å². The van der Waals surface area contributed by atoms with Gasteiger partial charge in [-0.2, -0.15) is 4.73 Å². The summed E-state index contributed by atoms with van der Waals surface area (Å²) in [6.45, 7) is 0. The number of pyridine rings is 1. The number of hydrazine groups is 1. The molecule has 0 bridgehead atoms. The molecule has 0 aliphatic rings. The van der Waals surface area contributed by atoms with E-state index in [1.54, 1.807) is 42.5 Å². The summed E-state index contributed by atoms with van der Waals surface area (Å²) in [6, 6.07) is 11.8. The van der Waals surface area contributed by atoms with Gasteiger partial charge in [-0.1, -0.05) is 12.1 Å². The molecular weight excluding hydrogens is 370 g/mol. The first kappa shape index (κ1) is 16.3. The molecule has 1 aromatic heterocycles. The zero-order chi connectivity index (χ0) is 15.9. The summed E-state index contributed by atoms with van der Waals surface area (Å²) in [5.41, 5.74) is 5.04. The maximum atomic E-state index is 11.9. The SMILES string of the molecule is O=C(CSc1cccc[n+]1[O-])NNC(=O)c1ccccc1Br. The normalized spacial score (nSPS) is 10.0. The molecule has 0 radical (unpaired) electrons. The summed E-state index contributed by atoms with van der Waals surface area (Å²) in [7, 11) is 0. The maximum absolute atomic E-state index is 11.9. The number of carbonyl (C=O) groups is 2. The van der Waals surface area contributed by atoms with Crippen LogP contribution in [0.1, 0.15) is 10.4 Å². The van der Waals surface area contributed by atoms with Crippen LogP contribution < -0.4 is 15.6 Å². The zero-order valence-corrected chi connectivity index (χ0v) is 13.7. The van der Waals surface area contributed by atoms with Crippen molar-refractivity contribution < 1.29 is 14.3 Å². The van der Waals surface area contributed by atoms with Gasteiger partial charge in [0, 0.05) is 16.6 Å². The monoisotopic (exact) mass is 381 g/mol. The molecule has 8 heteroatoms. The highest BCUT2D eigenvalue weighted by Crippen LogP contribution is 2.15. The topological polar surface area (TPSA) is 85.1 Å². The molecule has 6 nitrogen and oxygen atoms in total. The molecule has 2 N–H and O–H groups in total. The van der Waals surface area contributed by atoms with Crippen molar-refractivity contribution in [3.63, 3.8) is 0 Å². The molecule has 2 aromatic rings. The van der Waals surface area contributed by atoms with E-state index in [1.165, 1.54) is 6.20 Å². The fraction of sp³-hybridized carbons (Fsp3) is 0.0714. The lowest BCUT2D eigenvalue weighted by atomic mass is 10.2. The average molecular weight is 382 g/mol. The van der Waals surface area contributed by atoms with Gasteiger partial charge in [0.2, 0.25) is 5.91 Å². The predicted octanol–water partition coefficient (Wildman–Crippen LogP) is 1.64. The Bertz CT molecular complexity index is 697. The molecule has 0 saturated carbocycles. The van der Waals surface area contributed by atoms with Crippen LogP contribution in [0.15, 0.2) is 58.2 Å². The third-order valence-corrected chi connectivity index (χ3v) is 4.28. The van der Waals surface area contributed by atoms with Crippen molar-refractivity contribution in [2.45, 2.75) is 5.03 Å². The van der Waals surface area contributed by atoms with E-state index in [-0.39, 0.29) is 5.75 Å². The van der Waals surface area contributed by atoms with Crippen molar-refractivity contribution in [2.75, 3.05) is 5.75 Å². The lowest BCUT2D eigenvalue weighted by molar-refractivity contribution is -0.645. The molecule has 2 rings (SSSR count). The number of halogens is 1. The van der Waals surface area contributed by atoms with Crippen molar-refractivity contribution in [3.05, 3.63) is 63.9 Å². The Hall–Kier alpha value is -2.06. The number of aromatic nitrogens is 1. The fourth-order valence-corrected chi connectivity index (χ4v) is 2.72. The van der Waals surface area contributed by atoms with Crippen molar-refractivity contribution in [2.24, 2.45) is 0 Å². The molecule has 1 heterocycles. The van der Waals surface area contributed by atoms with E-state index < -0.39 is 11.8 Å². The third kappa shape index (κ3) is 4.47. The number of nitrogens with one attached hydrogen (secondary N) is 2. The second-order valence-electron chi connectivity index (χ2n) is 4.14. The lowest BCUT2D eigenvalue weighted by Gasteiger charge is -2.08. The van der Waals surface area contributed by atoms with Crippen molar-refractivity contribution in [1.29, 1.82) is 0 Å². The fourth-order valence-electron chi connectivity index (χ4n) is 1.54. The number of hydrogen-bond acceptors (Lipinski definition) is 4. The van der Waals surface area contributed by atoms with E-state index in [2.05, 4.69) is 26.8 Å². The standard InChI is InChI=1S/C14H12BrN3O3S/c15-11-6-2-1-5-10(11)14(20)17-16-12(19)9-22-13-7-3-4-8-18(13)21/h1-8H,9H2,(H,16,19)(H,17,20). The predicted molar refractivity (Wildman–Crippen MR) is 85.9 cm³/mol. The van der Waals surface area contributed by atoms with Gasteiger partial charge in [0.05, 0.1) is 11.3 Å². The minimum atomic E-state index is -0.426. The molecule has 0 fully saturated rings. The highest BCUT2D eigenvalue weighted by molar-refractivity contribution is 9.10. The first-order valence-corrected chi connectivity index (χ1v) is 8.00. The molecule has 2 amide bonds. The average Bonchev–Trinajstić information content (AvgIpc) is 2.52. The van der Waals surface area contributed by atoms with Gasteiger partial charge in [-0.15, -0.1) is 0 Å². The number of benzene rings is 1. The van der Waals surface area contributed by atoms with E-state index in [9.17, 15) is 14.8 Å². The van der Waals surface area contributed by atoms with Crippen LogP contribution in [-0.4, -0.2) is 17.6 Å². The lowest BCUT2D eigenvalue weighted by Crippen LogP contribution is -2.42. The number of nitrogens with zero attached hydrogens (tertiary/aromatic N) is 1. The van der Waals surface area contributed by atoms with Crippen LogP contribution in [0.2, 0.25) is 0 Å². The van der Waals surface area contributed by atoms with E-state index in [4.69, 9.17) is 0 Å². The highest BCUT2D eigenvalue weighted by Gasteiger charge is 2.12. The molecular formula is C14H12BrN3O3S. The van der Waals surface area contributed by atoms with Gasteiger partial charge in [0.25, 0.3) is 10.9 Å². The third-order valence-electron chi connectivity index (χ3n) is 2.57. The van der Waals surface area contributed by atoms with Gasteiger partial charge in [0.1, 0.15) is 0 Å². The Kier molecular flexibility index (Phi) is 5.79. The minimum Gasteiger partial charge on any atom is -0.618 e. The molecule has 1 aromatic carbocycles. The van der Waals surface area contributed by atoms with Crippen LogP contribution in [0, 0.1) is 5.21 Å². The number of rotatable bonds is 4. The van der Waals surface area contributed by atoms with Crippen LogP contribution in [0.5, 0.6) is 0 Å². The van der Waals surface area contributed by atoms with Crippen LogP contribution in [0.25, 0.3) is 0 Å². The smallest absolute Gasteiger partial charge is 0.270 e. The molecule has 0 saturated heterocycles. The number of thioether (sulfide) groups is 1. The molecule has 0 spiro atoms. The molecule has 114 valence electrons. The number of amides is 2. The van der Waals surface area contributed by atoms with Gasteiger partial charge in [-0.25, -0.2) is 0 Å². The van der Waals surface area contributed by atoms with E-state index in [1.807, 2.05) is 0 Å². The maximum Gasteiger partial charge on any atom is 0.270 e. The second-order valence-corrected chi connectivity index (χ2v) is 5.99. The van der Waals surface area contributed by atoms with Gasteiger partial charge in [0.15, 0.2) is 6.20 Å². The molecule has 22 heavy (non-hydrogen) atoms. The van der Waals surface area contributed by atoms with Gasteiger partial charge in [-0.05, 0) is 45.9 Å². The molecule has 0 aliphatic carbocycles. The Balaban J connectivity index is 1.82. The van der Waals surface area contributed by atoms with Crippen molar-refractivity contribution >= 4 is 39.5 Å². The molecule has 0 aliphatic heterocycles.